The number of benzene rings is 2. The standard InChI is InChI=1S/C22H21N5O2/c1-14-9-10-19(28-3)18(11-14)24-22-23-17(16-7-5-4-6-8-16)13-20(26-22)25-21-12-15(2)29-27-21/h4-13H,1-3H3,(H2,23,24,25,26,27). The molecule has 29 heavy (non-hydrogen) atoms. The Morgan fingerprint density at radius 2 is 1.69 bits per heavy atom. The van der Waals surface area contributed by atoms with Crippen molar-refractivity contribution in [2.45, 2.75) is 13.8 Å². The van der Waals surface area contributed by atoms with Crippen molar-refractivity contribution in [1.82, 2.24) is 15.1 Å². The molecule has 7 heteroatoms. The molecular weight excluding hydrogens is 366 g/mol. The van der Waals surface area contributed by atoms with E-state index in [1.165, 1.54) is 0 Å². The maximum absolute atomic E-state index is 5.46. The van der Waals surface area contributed by atoms with Crippen LogP contribution in [0.3, 0.4) is 0 Å². The van der Waals surface area contributed by atoms with Crippen LogP contribution >= 0.6 is 0 Å². The van der Waals surface area contributed by atoms with Gasteiger partial charge in [0.2, 0.25) is 5.95 Å². The van der Waals surface area contributed by atoms with Gasteiger partial charge in [0.1, 0.15) is 17.3 Å². The summed E-state index contributed by atoms with van der Waals surface area (Å²) >= 11 is 0. The van der Waals surface area contributed by atoms with Gasteiger partial charge in [-0.05, 0) is 31.5 Å². The van der Waals surface area contributed by atoms with E-state index in [9.17, 15) is 0 Å². The summed E-state index contributed by atoms with van der Waals surface area (Å²) in [7, 11) is 1.64. The van der Waals surface area contributed by atoms with Crippen LogP contribution in [-0.4, -0.2) is 22.2 Å². The van der Waals surface area contributed by atoms with Gasteiger partial charge >= 0.3 is 0 Å². The minimum atomic E-state index is 0.443. The smallest absolute Gasteiger partial charge is 0.229 e. The molecule has 2 N–H and O–H groups in total. The molecule has 0 aliphatic carbocycles. The van der Waals surface area contributed by atoms with Gasteiger partial charge in [0.25, 0.3) is 0 Å². The van der Waals surface area contributed by atoms with Crippen LogP contribution in [0.2, 0.25) is 0 Å². The van der Waals surface area contributed by atoms with Crippen molar-refractivity contribution in [3.8, 4) is 17.0 Å². The Hall–Kier alpha value is -3.87. The molecule has 7 nitrogen and oxygen atoms in total. The van der Waals surface area contributed by atoms with E-state index in [4.69, 9.17) is 9.26 Å². The van der Waals surface area contributed by atoms with Crippen molar-refractivity contribution in [1.29, 1.82) is 0 Å². The first-order valence-electron chi connectivity index (χ1n) is 9.17. The third kappa shape index (κ3) is 4.35. The van der Waals surface area contributed by atoms with E-state index in [-0.39, 0.29) is 0 Å². The molecule has 0 bridgehead atoms. The Morgan fingerprint density at radius 3 is 2.41 bits per heavy atom. The van der Waals surface area contributed by atoms with Crippen LogP contribution in [-0.2, 0) is 0 Å². The maximum Gasteiger partial charge on any atom is 0.229 e. The highest BCUT2D eigenvalue weighted by molar-refractivity contribution is 5.70. The van der Waals surface area contributed by atoms with E-state index in [0.29, 0.717) is 29.1 Å². The summed E-state index contributed by atoms with van der Waals surface area (Å²) < 4.78 is 10.6. The molecular formula is C22H21N5O2. The fraction of sp³-hybridized carbons (Fsp3) is 0.136. The molecule has 0 radical (unpaired) electrons. The third-order valence-electron chi connectivity index (χ3n) is 4.28. The first-order valence-corrected chi connectivity index (χ1v) is 9.17. The molecule has 0 unspecified atom stereocenters. The molecule has 4 aromatic rings. The van der Waals surface area contributed by atoms with E-state index >= 15 is 0 Å². The summed E-state index contributed by atoms with van der Waals surface area (Å²) in [5.74, 6) is 3.05. The van der Waals surface area contributed by atoms with E-state index in [1.807, 2.05) is 68.4 Å². The first kappa shape index (κ1) is 18.5. The number of rotatable bonds is 6. The van der Waals surface area contributed by atoms with E-state index < -0.39 is 0 Å². The van der Waals surface area contributed by atoms with Gasteiger partial charge in [-0.2, -0.15) is 4.98 Å². The highest BCUT2D eigenvalue weighted by Crippen LogP contribution is 2.29. The molecule has 0 aliphatic rings. The van der Waals surface area contributed by atoms with Crippen molar-refractivity contribution >= 4 is 23.3 Å². The lowest BCUT2D eigenvalue weighted by Gasteiger charge is -2.13. The van der Waals surface area contributed by atoms with Crippen molar-refractivity contribution in [3.05, 3.63) is 72.0 Å². The largest absolute Gasteiger partial charge is 0.495 e. The quantitative estimate of drug-likeness (QED) is 0.468. The van der Waals surface area contributed by atoms with Crippen molar-refractivity contribution in [2.24, 2.45) is 0 Å². The predicted molar refractivity (Wildman–Crippen MR) is 113 cm³/mol. The van der Waals surface area contributed by atoms with Gasteiger partial charge < -0.3 is 19.9 Å². The van der Waals surface area contributed by atoms with Gasteiger partial charge in [0, 0.05) is 17.7 Å². The molecule has 4 rings (SSSR count). The van der Waals surface area contributed by atoms with Crippen LogP contribution in [0.1, 0.15) is 11.3 Å². The molecule has 0 atom stereocenters. The Labute approximate surface area is 168 Å². The van der Waals surface area contributed by atoms with Crippen LogP contribution in [0.15, 0.2) is 65.2 Å². The van der Waals surface area contributed by atoms with Gasteiger partial charge in [-0.1, -0.05) is 41.6 Å². The monoisotopic (exact) mass is 387 g/mol. The number of aromatic nitrogens is 3. The molecule has 0 fully saturated rings. The fourth-order valence-electron chi connectivity index (χ4n) is 2.92. The second-order valence-electron chi connectivity index (χ2n) is 6.60. The fourth-order valence-corrected chi connectivity index (χ4v) is 2.92. The number of hydrogen-bond donors (Lipinski definition) is 2. The molecule has 2 heterocycles. The Morgan fingerprint density at radius 1 is 0.862 bits per heavy atom. The van der Waals surface area contributed by atoms with Gasteiger partial charge in [-0.15, -0.1) is 0 Å². The molecule has 146 valence electrons. The summed E-state index contributed by atoms with van der Waals surface area (Å²) in [5, 5.41) is 10.4. The first-order chi connectivity index (χ1) is 14.1. The van der Waals surface area contributed by atoms with Crippen LogP contribution in [0.5, 0.6) is 5.75 Å². The van der Waals surface area contributed by atoms with Gasteiger partial charge in [-0.3, -0.25) is 0 Å². The Kier molecular flexibility index (Phi) is 5.11. The highest BCUT2D eigenvalue weighted by Gasteiger charge is 2.11. The minimum Gasteiger partial charge on any atom is -0.495 e. The predicted octanol–water partition coefficient (Wildman–Crippen LogP) is 5.24. The zero-order chi connectivity index (χ0) is 20.2. The van der Waals surface area contributed by atoms with E-state index in [1.54, 1.807) is 13.2 Å². The average molecular weight is 387 g/mol. The molecule has 2 aromatic carbocycles. The zero-order valence-electron chi connectivity index (χ0n) is 16.4. The highest BCUT2D eigenvalue weighted by atomic mass is 16.5. The van der Waals surface area contributed by atoms with Crippen LogP contribution in [0, 0.1) is 13.8 Å². The lowest BCUT2D eigenvalue weighted by molar-refractivity contribution is 0.400. The van der Waals surface area contributed by atoms with Crippen molar-refractivity contribution in [2.75, 3.05) is 17.7 Å². The Bertz CT molecular complexity index is 1130. The van der Waals surface area contributed by atoms with Gasteiger partial charge in [0.05, 0.1) is 18.5 Å². The number of methoxy groups -OCH3 is 1. The molecule has 0 amide bonds. The second kappa shape index (κ2) is 8.02. The molecule has 0 aliphatic heterocycles. The summed E-state index contributed by atoms with van der Waals surface area (Å²) in [6.45, 7) is 3.86. The minimum absolute atomic E-state index is 0.443. The normalized spacial score (nSPS) is 10.6. The van der Waals surface area contributed by atoms with Crippen LogP contribution in [0.25, 0.3) is 11.3 Å². The lowest BCUT2D eigenvalue weighted by atomic mass is 10.1. The summed E-state index contributed by atoms with van der Waals surface area (Å²) in [6.07, 6.45) is 0. The van der Waals surface area contributed by atoms with Crippen molar-refractivity contribution in [3.63, 3.8) is 0 Å². The number of anilines is 4. The molecule has 0 saturated heterocycles. The molecule has 0 saturated carbocycles. The third-order valence-corrected chi connectivity index (χ3v) is 4.28. The SMILES string of the molecule is COc1ccc(C)cc1Nc1nc(Nc2cc(C)on2)cc(-c2ccccc2)n1. The average Bonchev–Trinajstić information content (AvgIpc) is 3.13. The topological polar surface area (TPSA) is 85.1 Å². The Balaban J connectivity index is 1.74. The van der Waals surface area contributed by atoms with Gasteiger partial charge in [-0.25, -0.2) is 4.98 Å². The lowest BCUT2D eigenvalue weighted by Crippen LogP contribution is -2.04. The molecule has 0 spiro atoms. The maximum atomic E-state index is 5.46. The number of aryl methyl sites for hydroxylation is 2. The summed E-state index contributed by atoms with van der Waals surface area (Å²) in [6, 6.07) is 19.5. The van der Waals surface area contributed by atoms with E-state index in [0.717, 1.165) is 22.5 Å². The number of nitrogens with zero attached hydrogens (tertiary/aromatic N) is 3. The van der Waals surface area contributed by atoms with E-state index in [2.05, 4.69) is 25.8 Å². The second-order valence-corrected chi connectivity index (χ2v) is 6.60. The summed E-state index contributed by atoms with van der Waals surface area (Å²) in [5.41, 5.74) is 3.65. The van der Waals surface area contributed by atoms with Crippen LogP contribution in [0.4, 0.5) is 23.3 Å². The number of hydrogen-bond acceptors (Lipinski definition) is 7. The summed E-state index contributed by atoms with van der Waals surface area (Å²) in [4.78, 5) is 9.28. The number of nitrogens with one attached hydrogen (secondary N) is 2. The molecule has 2 aromatic heterocycles. The zero-order valence-corrected chi connectivity index (χ0v) is 16.4. The van der Waals surface area contributed by atoms with Gasteiger partial charge in [0.15, 0.2) is 5.82 Å². The van der Waals surface area contributed by atoms with Crippen LogP contribution < -0.4 is 15.4 Å². The number of ether oxygens (including phenoxy) is 1. The van der Waals surface area contributed by atoms with Crippen molar-refractivity contribution < 1.29 is 9.26 Å².